The lowest BCUT2D eigenvalue weighted by Crippen LogP contribution is -2.61. The molecule has 0 aromatic carbocycles. The smallest absolute Gasteiger partial charge is 0.117 e. The fourth-order valence-corrected chi connectivity index (χ4v) is 2.79. The highest BCUT2D eigenvalue weighted by Gasteiger charge is 2.40. The molecule has 1 rings (SSSR count). The van der Waals surface area contributed by atoms with Crippen molar-refractivity contribution in [1.82, 2.24) is 5.32 Å². The summed E-state index contributed by atoms with van der Waals surface area (Å²) in [5.74, 6) is 0. The van der Waals surface area contributed by atoms with Gasteiger partial charge in [-0.25, -0.2) is 0 Å². The SMILES string of the molecule is POC[C@@H]1NC[C@H](OP)[C@@H](OP)[C@H]1OP. The third kappa shape index (κ3) is 3.75. The van der Waals surface area contributed by atoms with E-state index in [0.29, 0.717) is 13.2 Å². The Hall–Kier alpha value is 1.52. The van der Waals surface area contributed by atoms with Crippen molar-refractivity contribution in [2.45, 2.75) is 24.4 Å². The lowest BCUT2D eigenvalue weighted by atomic mass is 9.97. The standard InChI is InChI=1S/C6H17NO4P4/c12-8-2-3-5(10-14)6(11-15)4(9-13)1-7-3/h3-7H,1-2,12-15H2/t3-,4-,5-,6+/m0/s1. The van der Waals surface area contributed by atoms with Gasteiger partial charge in [-0.3, -0.25) is 0 Å². The van der Waals surface area contributed by atoms with Crippen molar-refractivity contribution in [1.29, 1.82) is 0 Å². The predicted molar refractivity (Wildman–Crippen MR) is 71.2 cm³/mol. The quantitative estimate of drug-likeness (QED) is 0.738. The van der Waals surface area contributed by atoms with Crippen molar-refractivity contribution < 1.29 is 18.1 Å². The van der Waals surface area contributed by atoms with Crippen LogP contribution >= 0.6 is 37.9 Å². The Labute approximate surface area is 99.2 Å². The normalized spacial score (nSPS) is 36.8. The fraction of sp³-hybridized carbons (Fsp3) is 1.00. The molecule has 4 unspecified atom stereocenters. The summed E-state index contributed by atoms with van der Waals surface area (Å²) in [6.45, 7) is 1.24. The molecular weight excluding hydrogens is 274 g/mol. The van der Waals surface area contributed by atoms with Crippen LogP contribution in [0.15, 0.2) is 0 Å². The van der Waals surface area contributed by atoms with Crippen LogP contribution in [0.25, 0.3) is 0 Å². The van der Waals surface area contributed by atoms with Crippen LogP contribution in [0.4, 0.5) is 0 Å². The lowest BCUT2D eigenvalue weighted by molar-refractivity contribution is -0.0471. The minimum atomic E-state index is -0.142. The van der Waals surface area contributed by atoms with Gasteiger partial charge in [0, 0.05) is 44.4 Å². The molecule has 15 heavy (non-hydrogen) atoms. The van der Waals surface area contributed by atoms with E-state index in [0.717, 1.165) is 0 Å². The minimum absolute atomic E-state index is 0.0567. The zero-order chi connectivity index (χ0) is 11.3. The summed E-state index contributed by atoms with van der Waals surface area (Å²) in [5, 5.41) is 3.28. The van der Waals surface area contributed by atoms with Gasteiger partial charge in [-0.1, -0.05) is 0 Å². The van der Waals surface area contributed by atoms with Gasteiger partial charge in [0.1, 0.15) is 18.3 Å². The zero-order valence-corrected chi connectivity index (χ0v) is 12.8. The maximum absolute atomic E-state index is 5.33. The van der Waals surface area contributed by atoms with E-state index in [1.54, 1.807) is 0 Å². The van der Waals surface area contributed by atoms with Gasteiger partial charge in [0.15, 0.2) is 0 Å². The van der Waals surface area contributed by atoms with Gasteiger partial charge in [0.05, 0.1) is 12.6 Å². The molecule has 1 aliphatic rings. The van der Waals surface area contributed by atoms with E-state index in [4.69, 9.17) is 18.1 Å². The minimum Gasteiger partial charge on any atom is -0.364 e. The summed E-state index contributed by atoms with van der Waals surface area (Å²) < 4.78 is 20.9. The first-order valence-electron chi connectivity index (χ1n) is 4.40. The van der Waals surface area contributed by atoms with Gasteiger partial charge in [-0.15, -0.1) is 0 Å². The molecule has 1 aliphatic heterocycles. The molecule has 1 heterocycles. The monoisotopic (exact) mass is 291 g/mol. The highest BCUT2D eigenvalue weighted by Crippen LogP contribution is 2.24. The van der Waals surface area contributed by atoms with E-state index in [9.17, 15) is 0 Å². The molecule has 0 spiro atoms. The fourth-order valence-electron chi connectivity index (χ4n) is 1.66. The molecule has 9 heteroatoms. The molecule has 0 amide bonds. The number of piperidine rings is 1. The first-order chi connectivity index (χ1) is 7.28. The average molecular weight is 291 g/mol. The molecule has 0 saturated carbocycles. The molecule has 1 fully saturated rings. The van der Waals surface area contributed by atoms with Crippen molar-refractivity contribution in [3.63, 3.8) is 0 Å². The molecular formula is C6H17NO4P4. The van der Waals surface area contributed by atoms with E-state index in [1.165, 1.54) is 0 Å². The molecule has 0 aromatic heterocycles. The van der Waals surface area contributed by atoms with E-state index < -0.39 is 0 Å². The molecule has 1 N–H and O–H groups in total. The van der Waals surface area contributed by atoms with Crippen LogP contribution in [0.1, 0.15) is 0 Å². The van der Waals surface area contributed by atoms with Gasteiger partial charge < -0.3 is 23.4 Å². The van der Waals surface area contributed by atoms with Crippen LogP contribution in [0.3, 0.4) is 0 Å². The van der Waals surface area contributed by atoms with Crippen LogP contribution < -0.4 is 5.32 Å². The Kier molecular flexibility index (Phi) is 7.55. The summed E-state index contributed by atoms with van der Waals surface area (Å²) in [6, 6.07) is 0.0851. The molecule has 5 nitrogen and oxygen atoms in total. The van der Waals surface area contributed by atoms with E-state index in [-0.39, 0.29) is 24.4 Å². The predicted octanol–water partition coefficient (Wildman–Crippen LogP) is 0.291. The van der Waals surface area contributed by atoms with Crippen LogP contribution in [-0.2, 0) is 18.1 Å². The highest BCUT2D eigenvalue weighted by atomic mass is 31.0. The van der Waals surface area contributed by atoms with E-state index >= 15 is 0 Å². The Morgan fingerprint density at radius 2 is 1.67 bits per heavy atom. The van der Waals surface area contributed by atoms with Crippen molar-refractivity contribution in [2.24, 2.45) is 0 Å². The Morgan fingerprint density at radius 3 is 2.13 bits per heavy atom. The summed E-state index contributed by atoms with van der Waals surface area (Å²) in [5.41, 5.74) is 0. The van der Waals surface area contributed by atoms with Crippen molar-refractivity contribution in [3.8, 4) is 0 Å². The van der Waals surface area contributed by atoms with E-state index in [1.807, 2.05) is 0 Å². The maximum atomic E-state index is 5.33. The molecule has 8 atom stereocenters. The average Bonchev–Trinajstić information content (AvgIpc) is 2.28. The topological polar surface area (TPSA) is 49.0 Å². The molecule has 0 radical (unpaired) electrons. The zero-order valence-electron chi connectivity index (χ0n) is 8.17. The van der Waals surface area contributed by atoms with Crippen LogP contribution in [0.2, 0.25) is 0 Å². The number of hydrogen-bond donors (Lipinski definition) is 1. The van der Waals surface area contributed by atoms with Crippen LogP contribution in [0.5, 0.6) is 0 Å². The largest absolute Gasteiger partial charge is 0.364 e. The molecule has 90 valence electrons. The van der Waals surface area contributed by atoms with Gasteiger partial charge in [-0.2, -0.15) is 0 Å². The number of nitrogens with one attached hydrogen (secondary N) is 1. The van der Waals surface area contributed by atoms with Gasteiger partial charge in [0.2, 0.25) is 0 Å². The number of hydrogen-bond acceptors (Lipinski definition) is 5. The number of rotatable bonds is 5. The Bertz CT molecular complexity index is 189. The third-order valence-electron chi connectivity index (χ3n) is 2.43. The maximum Gasteiger partial charge on any atom is 0.117 e. The summed E-state index contributed by atoms with van der Waals surface area (Å²) in [7, 11) is 8.98. The van der Waals surface area contributed by atoms with Crippen molar-refractivity contribution in [2.75, 3.05) is 13.2 Å². The van der Waals surface area contributed by atoms with Gasteiger partial charge in [0.25, 0.3) is 0 Å². The Morgan fingerprint density at radius 1 is 1.00 bits per heavy atom. The van der Waals surface area contributed by atoms with Crippen LogP contribution in [0, 0.1) is 0 Å². The summed E-state index contributed by atoms with van der Waals surface area (Å²) in [6.07, 6.45) is -0.331. The van der Waals surface area contributed by atoms with Gasteiger partial charge >= 0.3 is 0 Å². The van der Waals surface area contributed by atoms with Gasteiger partial charge in [-0.05, 0) is 0 Å². The molecule has 1 saturated heterocycles. The first-order valence-corrected chi connectivity index (χ1v) is 6.28. The molecule has 0 aromatic rings. The highest BCUT2D eigenvalue weighted by molar-refractivity contribution is 7.10. The third-order valence-corrected chi connectivity index (χ3v) is 3.60. The van der Waals surface area contributed by atoms with Crippen molar-refractivity contribution >= 4 is 37.9 Å². The second kappa shape index (κ2) is 7.77. The Balaban J connectivity index is 2.65. The second-order valence-corrected chi connectivity index (χ2v) is 4.37. The van der Waals surface area contributed by atoms with E-state index in [2.05, 4.69) is 43.2 Å². The van der Waals surface area contributed by atoms with Crippen molar-refractivity contribution in [3.05, 3.63) is 0 Å². The van der Waals surface area contributed by atoms with Crippen LogP contribution in [-0.4, -0.2) is 37.5 Å². The summed E-state index contributed by atoms with van der Waals surface area (Å²) in [4.78, 5) is 0. The lowest BCUT2D eigenvalue weighted by Gasteiger charge is -2.40. The molecule has 0 aliphatic carbocycles. The summed E-state index contributed by atoms with van der Waals surface area (Å²) >= 11 is 0. The first kappa shape index (κ1) is 14.6. The molecule has 0 bridgehead atoms. The second-order valence-electron chi connectivity index (χ2n) is 3.22.